The molecule has 4 atom stereocenters. The maximum Gasteiger partial charge on any atom is 0.329 e. The van der Waals surface area contributed by atoms with Crippen molar-refractivity contribution in [3.05, 3.63) is 32.6 Å². The van der Waals surface area contributed by atoms with Gasteiger partial charge in [-0.25, -0.2) is 4.79 Å². The van der Waals surface area contributed by atoms with Gasteiger partial charge in [0.25, 0.3) is 5.56 Å². The first-order valence-electron chi connectivity index (χ1n) is 8.54. The van der Waals surface area contributed by atoms with Gasteiger partial charge in [0.15, 0.2) is 12.2 Å². The molecule has 156 valence electrons. The maximum absolute atomic E-state index is 12.4. The first kappa shape index (κ1) is 21.9. The van der Waals surface area contributed by atoms with Crippen LogP contribution in [0.2, 0.25) is 0 Å². The van der Waals surface area contributed by atoms with Crippen LogP contribution < -0.4 is 11.2 Å². The van der Waals surface area contributed by atoms with Gasteiger partial charge < -0.3 is 18.9 Å². The van der Waals surface area contributed by atoms with Crippen LogP contribution in [0.15, 0.2) is 15.8 Å². The number of terminal acetylenes is 1. The quantitative estimate of drug-likeness (QED) is 0.357. The summed E-state index contributed by atoms with van der Waals surface area (Å²) in [6, 6.07) is 0. The lowest BCUT2D eigenvalue weighted by Gasteiger charge is -2.23. The van der Waals surface area contributed by atoms with Crippen LogP contribution in [-0.4, -0.2) is 52.4 Å². The van der Waals surface area contributed by atoms with E-state index < -0.39 is 53.6 Å². The van der Waals surface area contributed by atoms with Gasteiger partial charge in [0.2, 0.25) is 0 Å². The zero-order chi connectivity index (χ0) is 21.7. The van der Waals surface area contributed by atoms with Crippen molar-refractivity contribution in [1.82, 2.24) is 9.55 Å². The third-order valence-electron chi connectivity index (χ3n) is 3.97. The van der Waals surface area contributed by atoms with E-state index in [9.17, 15) is 24.0 Å². The van der Waals surface area contributed by atoms with Gasteiger partial charge in [0.05, 0.1) is 12.1 Å². The molecule has 1 aromatic rings. The van der Waals surface area contributed by atoms with Crippen molar-refractivity contribution in [1.29, 1.82) is 0 Å². The van der Waals surface area contributed by atoms with Crippen molar-refractivity contribution < 1.29 is 33.3 Å². The van der Waals surface area contributed by atoms with Gasteiger partial charge in [-0.3, -0.25) is 28.7 Å². The van der Waals surface area contributed by atoms with E-state index in [1.54, 1.807) is 0 Å². The SMILES string of the molecule is C#CCn1cc([C@@H]2O[C@H](COC(C)=O)C(OC(C)=O)C2OC(C)=O)c(=O)[nH]c1=O. The van der Waals surface area contributed by atoms with Crippen LogP contribution >= 0.6 is 0 Å². The van der Waals surface area contributed by atoms with E-state index in [1.807, 2.05) is 0 Å². The molecule has 0 radical (unpaired) electrons. The zero-order valence-corrected chi connectivity index (χ0v) is 16.0. The normalized spacial score (nSPS) is 23.1. The van der Waals surface area contributed by atoms with Crippen molar-refractivity contribution in [3.63, 3.8) is 0 Å². The Morgan fingerprint density at radius 1 is 1.14 bits per heavy atom. The van der Waals surface area contributed by atoms with Gasteiger partial charge in [-0.2, -0.15) is 0 Å². The zero-order valence-electron chi connectivity index (χ0n) is 16.0. The van der Waals surface area contributed by atoms with E-state index in [4.69, 9.17) is 25.4 Å². The minimum Gasteiger partial charge on any atom is -0.463 e. The summed E-state index contributed by atoms with van der Waals surface area (Å²) in [7, 11) is 0. The van der Waals surface area contributed by atoms with E-state index >= 15 is 0 Å². The number of nitrogens with zero attached hydrogens (tertiary/aromatic N) is 1. The van der Waals surface area contributed by atoms with Gasteiger partial charge >= 0.3 is 23.6 Å². The molecule has 11 heteroatoms. The molecule has 2 heterocycles. The standard InChI is InChI=1S/C18H20N2O9/c1-5-6-20-7-12(17(24)19-18(20)25)14-16(28-11(4)23)15(27-10(3)22)13(29-14)8-26-9(2)21/h1,7,13-16H,6,8H2,2-4H3,(H,19,24,25)/t13-,14+,15?,16?/m1/s1. The highest BCUT2D eigenvalue weighted by molar-refractivity contribution is 5.68. The third kappa shape index (κ3) is 5.32. The summed E-state index contributed by atoms with van der Waals surface area (Å²) in [5.74, 6) is 0.243. The second-order valence-corrected chi connectivity index (χ2v) is 6.22. The molecule has 1 aliphatic rings. The van der Waals surface area contributed by atoms with Crippen LogP contribution in [0.1, 0.15) is 32.4 Å². The van der Waals surface area contributed by atoms with Crippen molar-refractivity contribution >= 4 is 17.9 Å². The average molecular weight is 408 g/mol. The third-order valence-corrected chi connectivity index (χ3v) is 3.97. The number of aromatic nitrogens is 2. The number of carbonyl (C=O) groups is 3. The summed E-state index contributed by atoms with van der Waals surface area (Å²) in [6.45, 7) is 3.00. The summed E-state index contributed by atoms with van der Waals surface area (Å²) >= 11 is 0. The highest BCUT2D eigenvalue weighted by Crippen LogP contribution is 2.36. The molecule has 0 aliphatic carbocycles. The number of carbonyl (C=O) groups excluding carboxylic acids is 3. The van der Waals surface area contributed by atoms with Crippen LogP contribution in [0.4, 0.5) is 0 Å². The lowest BCUT2D eigenvalue weighted by atomic mass is 10.0. The van der Waals surface area contributed by atoms with Crippen LogP contribution in [0.5, 0.6) is 0 Å². The number of H-pyrrole nitrogens is 1. The fourth-order valence-electron chi connectivity index (χ4n) is 2.91. The van der Waals surface area contributed by atoms with Crippen LogP contribution in [0, 0.1) is 12.3 Å². The first-order valence-corrected chi connectivity index (χ1v) is 8.54. The van der Waals surface area contributed by atoms with E-state index in [2.05, 4.69) is 10.9 Å². The molecule has 0 spiro atoms. The van der Waals surface area contributed by atoms with Gasteiger partial charge in [-0.1, -0.05) is 5.92 Å². The minimum atomic E-state index is -1.23. The summed E-state index contributed by atoms with van der Waals surface area (Å²) in [4.78, 5) is 60.7. The van der Waals surface area contributed by atoms with Crippen molar-refractivity contribution in [2.45, 2.75) is 51.7 Å². The van der Waals surface area contributed by atoms with Gasteiger partial charge in [-0.05, 0) is 0 Å². The Balaban J connectivity index is 2.51. The average Bonchev–Trinajstić information content (AvgIpc) is 2.92. The highest BCUT2D eigenvalue weighted by Gasteiger charge is 2.51. The van der Waals surface area contributed by atoms with E-state index in [0.29, 0.717) is 0 Å². The molecule has 0 amide bonds. The molecule has 1 aromatic heterocycles. The van der Waals surface area contributed by atoms with Crippen molar-refractivity contribution in [2.24, 2.45) is 0 Å². The van der Waals surface area contributed by atoms with E-state index in [0.717, 1.165) is 18.4 Å². The Morgan fingerprint density at radius 2 is 1.76 bits per heavy atom. The second kappa shape index (κ2) is 9.20. The molecule has 1 N–H and O–H groups in total. The second-order valence-electron chi connectivity index (χ2n) is 6.22. The minimum absolute atomic E-state index is 0.0754. The lowest BCUT2D eigenvalue weighted by molar-refractivity contribution is -0.165. The topological polar surface area (TPSA) is 143 Å². The number of aromatic amines is 1. The van der Waals surface area contributed by atoms with Crippen molar-refractivity contribution in [3.8, 4) is 12.3 Å². The fourth-order valence-corrected chi connectivity index (χ4v) is 2.91. The van der Waals surface area contributed by atoms with Crippen LogP contribution in [-0.2, 0) is 39.9 Å². The summed E-state index contributed by atoms with van der Waals surface area (Å²) in [5, 5.41) is 0. The largest absolute Gasteiger partial charge is 0.463 e. The monoisotopic (exact) mass is 408 g/mol. The number of nitrogens with one attached hydrogen (secondary N) is 1. The highest BCUT2D eigenvalue weighted by atomic mass is 16.6. The van der Waals surface area contributed by atoms with Crippen LogP contribution in [0.25, 0.3) is 0 Å². The van der Waals surface area contributed by atoms with Crippen LogP contribution in [0.3, 0.4) is 0 Å². The lowest BCUT2D eigenvalue weighted by Crippen LogP contribution is -2.41. The maximum atomic E-state index is 12.4. The number of hydrogen-bond donors (Lipinski definition) is 1. The van der Waals surface area contributed by atoms with Gasteiger partial charge in [0, 0.05) is 27.0 Å². The molecule has 2 unspecified atom stereocenters. The number of rotatable bonds is 6. The Kier molecular flexibility index (Phi) is 6.95. The van der Waals surface area contributed by atoms with Gasteiger partial charge in [-0.15, -0.1) is 6.42 Å². The molecule has 11 nitrogen and oxygen atoms in total. The molecule has 0 saturated carbocycles. The van der Waals surface area contributed by atoms with Crippen molar-refractivity contribution in [2.75, 3.05) is 6.61 Å². The molecule has 2 rings (SSSR count). The van der Waals surface area contributed by atoms with Gasteiger partial charge in [0.1, 0.15) is 18.8 Å². The van der Waals surface area contributed by atoms with E-state index in [-0.39, 0.29) is 18.7 Å². The Hall–Kier alpha value is -3.39. The molecule has 0 aromatic carbocycles. The number of esters is 3. The summed E-state index contributed by atoms with van der Waals surface area (Å²) < 4.78 is 22.2. The molecular formula is C18H20N2O9. The molecule has 1 saturated heterocycles. The fraction of sp³-hybridized carbons (Fsp3) is 0.500. The Labute approximate surface area is 164 Å². The molecule has 1 fully saturated rings. The smallest absolute Gasteiger partial charge is 0.329 e. The number of ether oxygens (including phenoxy) is 4. The molecular weight excluding hydrogens is 388 g/mol. The molecule has 29 heavy (non-hydrogen) atoms. The summed E-state index contributed by atoms with van der Waals surface area (Å²) in [6.07, 6.45) is 1.78. The Morgan fingerprint density at radius 3 is 2.31 bits per heavy atom. The Bertz CT molecular complexity index is 955. The molecule has 1 aliphatic heterocycles. The predicted octanol–water partition coefficient (Wildman–Crippen LogP) is -0.964. The summed E-state index contributed by atoms with van der Waals surface area (Å²) in [5.41, 5.74) is -1.60. The number of hydrogen-bond acceptors (Lipinski definition) is 9. The van der Waals surface area contributed by atoms with E-state index in [1.165, 1.54) is 13.1 Å². The predicted molar refractivity (Wildman–Crippen MR) is 95.5 cm³/mol. The molecule has 0 bridgehead atoms. The first-order chi connectivity index (χ1) is 13.6.